The van der Waals surface area contributed by atoms with Crippen LogP contribution in [0.5, 0.6) is 5.75 Å². The summed E-state index contributed by atoms with van der Waals surface area (Å²) in [6.07, 6.45) is 2.96. The molecule has 1 N–H and O–H groups in total. The van der Waals surface area contributed by atoms with Crippen molar-refractivity contribution in [2.75, 3.05) is 19.8 Å². The first-order chi connectivity index (χ1) is 9.66. The maximum absolute atomic E-state index is 11.1. The number of hydrogen-bond acceptors (Lipinski definition) is 4. The first-order valence-corrected chi connectivity index (χ1v) is 6.87. The molecule has 0 aromatic heterocycles. The van der Waals surface area contributed by atoms with Crippen LogP contribution in [0.4, 0.5) is 0 Å². The van der Waals surface area contributed by atoms with Crippen LogP contribution in [0.25, 0.3) is 0 Å². The van der Waals surface area contributed by atoms with Gasteiger partial charge in [0.05, 0.1) is 6.61 Å². The van der Waals surface area contributed by atoms with Crippen LogP contribution in [0, 0.1) is 6.92 Å². The number of benzene rings is 1. The number of aryl methyl sites for hydroxylation is 1. The third-order valence-electron chi connectivity index (χ3n) is 3.15. The van der Waals surface area contributed by atoms with Gasteiger partial charge in [-0.2, -0.15) is 0 Å². The molecule has 5 heteroatoms. The molecule has 0 aliphatic carbocycles. The van der Waals surface area contributed by atoms with Gasteiger partial charge in [-0.25, -0.2) is 4.79 Å². The highest BCUT2D eigenvalue weighted by Crippen LogP contribution is 2.20. The van der Waals surface area contributed by atoms with Crippen molar-refractivity contribution in [1.29, 1.82) is 0 Å². The van der Waals surface area contributed by atoms with Gasteiger partial charge in [0, 0.05) is 6.61 Å². The maximum atomic E-state index is 11.1. The number of aromatic carboxylic acids is 1. The van der Waals surface area contributed by atoms with E-state index in [2.05, 4.69) is 0 Å². The lowest BCUT2D eigenvalue weighted by atomic mass is 10.1. The average Bonchev–Trinajstić information content (AvgIpc) is 2.44. The van der Waals surface area contributed by atoms with Crippen LogP contribution >= 0.6 is 0 Å². The van der Waals surface area contributed by atoms with Gasteiger partial charge in [0.2, 0.25) is 0 Å². The predicted molar refractivity (Wildman–Crippen MR) is 73.2 cm³/mol. The smallest absolute Gasteiger partial charge is 0.339 e. The molecule has 1 saturated heterocycles. The summed E-state index contributed by atoms with van der Waals surface area (Å²) in [6.45, 7) is 3.33. The second kappa shape index (κ2) is 7.26. The van der Waals surface area contributed by atoms with Crippen LogP contribution in [-0.2, 0) is 9.47 Å². The molecule has 2 rings (SSSR count). The van der Waals surface area contributed by atoms with Crippen LogP contribution in [0.2, 0.25) is 0 Å². The molecule has 1 atom stereocenters. The second-order valence-corrected chi connectivity index (χ2v) is 4.82. The normalized spacial score (nSPS) is 18.8. The number of carboxylic acid groups (broad SMARTS) is 1. The molecule has 5 nitrogen and oxygen atoms in total. The van der Waals surface area contributed by atoms with Gasteiger partial charge in [-0.1, -0.05) is 6.07 Å². The SMILES string of the molecule is Cc1ccc(C(=O)O)c(OCCOC2CCCCO2)c1. The maximum Gasteiger partial charge on any atom is 0.339 e. The molecule has 0 bridgehead atoms. The van der Waals surface area contributed by atoms with Crippen LogP contribution in [0.1, 0.15) is 35.2 Å². The van der Waals surface area contributed by atoms with Gasteiger partial charge in [0.25, 0.3) is 0 Å². The summed E-state index contributed by atoms with van der Waals surface area (Å²) in [7, 11) is 0. The summed E-state index contributed by atoms with van der Waals surface area (Å²) >= 11 is 0. The summed E-state index contributed by atoms with van der Waals surface area (Å²) in [5.41, 5.74) is 1.13. The number of ether oxygens (including phenoxy) is 3. The van der Waals surface area contributed by atoms with Gasteiger partial charge >= 0.3 is 5.97 Å². The van der Waals surface area contributed by atoms with E-state index in [1.807, 2.05) is 6.92 Å². The molecule has 20 heavy (non-hydrogen) atoms. The Morgan fingerprint density at radius 3 is 2.95 bits per heavy atom. The van der Waals surface area contributed by atoms with E-state index in [0.717, 1.165) is 31.4 Å². The van der Waals surface area contributed by atoms with Crippen molar-refractivity contribution >= 4 is 5.97 Å². The van der Waals surface area contributed by atoms with Gasteiger partial charge < -0.3 is 19.3 Å². The highest BCUT2D eigenvalue weighted by atomic mass is 16.7. The predicted octanol–water partition coefficient (Wildman–Crippen LogP) is 2.62. The minimum Gasteiger partial charge on any atom is -0.490 e. The molecule has 1 unspecified atom stereocenters. The van der Waals surface area contributed by atoms with E-state index in [0.29, 0.717) is 19.0 Å². The number of carbonyl (C=O) groups is 1. The highest BCUT2D eigenvalue weighted by molar-refractivity contribution is 5.90. The molecule has 0 saturated carbocycles. The molecular formula is C15H20O5. The zero-order valence-corrected chi connectivity index (χ0v) is 11.6. The molecule has 1 aliphatic heterocycles. The molecule has 1 aromatic carbocycles. The minimum atomic E-state index is -0.989. The Labute approximate surface area is 118 Å². The van der Waals surface area contributed by atoms with E-state index in [9.17, 15) is 4.79 Å². The van der Waals surface area contributed by atoms with Gasteiger partial charge in [-0.15, -0.1) is 0 Å². The molecule has 1 aliphatic rings. The van der Waals surface area contributed by atoms with Crippen molar-refractivity contribution in [1.82, 2.24) is 0 Å². The van der Waals surface area contributed by atoms with Gasteiger partial charge in [0.1, 0.15) is 17.9 Å². The third kappa shape index (κ3) is 4.21. The van der Waals surface area contributed by atoms with Crippen molar-refractivity contribution in [2.24, 2.45) is 0 Å². The largest absolute Gasteiger partial charge is 0.490 e. The molecule has 0 spiro atoms. The van der Waals surface area contributed by atoms with Gasteiger partial charge in [-0.05, 0) is 43.9 Å². The highest BCUT2D eigenvalue weighted by Gasteiger charge is 2.14. The van der Waals surface area contributed by atoms with Crippen LogP contribution in [0.3, 0.4) is 0 Å². The van der Waals surface area contributed by atoms with E-state index in [4.69, 9.17) is 19.3 Å². The Hall–Kier alpha value is -1.59. The standard InChI is InChI=1S/C15H20O5/c1-11-5-6-12(15(16)17)13(10-11)18-8-9-20-14-4-2-3-7-19-14/h5-6,10,14H,2-4,7-9H2,1H3,(H,16,17). The quantitative estimate of drug-likeness (QED) is 0.811. The number of hydrogen-bond donors (Lipinski definition) is 1. The summed E-state index contributed by atoms with van der Waals surface area (Å²) in [5, 5.41) is 9.09. The summed E-state index contributed by atoms with van der Waals surface area (Å²) < 4.78 is 16.5. The summed E-state index contributed by atoms with van der Waals surface area (Å²) in [6, 6.07) is 5.03. The van der Waals surface area contributed by atoms with E-state index in [1.165, 1.54) is 0 Å². The Kier molecular flexibility index (Phi) is 5.38. The fraction of sp³-hybridized carbons (Fsp3) is 0.533. The first kappa shape index (κ1) is 14.8. The topological polar surface area (TPSA) is 65.0 Å². The first-order valence-electron chi connectivity index (χ1n) is 6.87. The number of carboxylic acids is 1. The monoisotopic (exact) mass is 280 g/mol. The molecule has 110 valence electrons. The lowest BCUT2D eigenvalue weighted by Crippen LogP contribution is -2.24. The average molecular weight is 280 g/mol. The molecule has 0 radical (unpaired) electrons. The van der Waals surface area contributed by atoms with Crippen LogP contribution < -0.4 is 4.74 Å². The van der Waals surface area contributed by atoms with Crippen molar-refractivity contribution in [3.8, 4) is 5.75 Å². The Morgan fingerprint density at radius 2 is 2.25 bits per heavy atom. The fourth-order valence-electron chi connectivity index (χ4n) is 2.10. The van der Waals surface area contributed by atoms with Crippen molar-refractivity contribution in [2.45, 2.75) is 32.5 Å². The van der Waals surface area contributed by atoms with Crippen molar-refractivity contribution in [3.05, 3.63) is 29.3 Å². The van der Waals surface area contributed by atoms with Crippen molar-refractivity contribution < 1.29 is 24.1 Å². The number of rotatable bonds is 6. The third-order valence-corrected chi connectivity index (χ3v) is 3.15. The Balaban J connectivity index is 1.81. The van der Waals surface area contributed by atoms with Crippen LogP contribution in [0.15, 0.2) is 18.2 Å². The molecule has 1 heterocycles. The molecule has 1 aromatic rings. The lowest BCUT2D eigenvalue weighted by molar-refractivity contribution is -0.165. The van der Waals surface area contributed by atoms with Crippen molar-refractivity contribution in [3.63, 3.8) is 0 Å². The fourth-order valence-corrected chi connectivity index (χ4v) is 2.10. The van der Waals surface area contributed by atoms with Crippen LogP contribution in [-0.4, -0.2) is 37.2 Å². The zero-order valence-electron chi connectivity index (χ0n) is 11.6. The van der Waals surface area contributed by atoms with Gasteiger partial charge in [0.15, 0.2) is 6.29 Å². The molecular weight excluding hydrogens is 260 g/mol. The van der Waals surface area contributed by atoms with E-state index in [1.54, 1.807) is 18.2 Å². The molecule has 0 amide bonds. The Bertz CT molecular complexity index is 452. The lowest BCUT2D eigenvalue weighted by Gasteiger charge is -2.22. The summed E-state index contributed by atoms with van der Waals surface area (Å²) in [5.74, 6) is -0.609. The minimum absolute atomic E-state index is 0.149. The second-order valence-electron chi connectivity index (χ2n) is 4.82. The van der Waals surface area contributed by atoms with Gasteiger partial charge in [-0.3, -0.25) is 0 Å². The Morgan fingerprint density at radius 1 is 1.40 bits per heavy atom. The zero-order chi connectivity index (χ0) is 14.4. The van der Waals surface area contributed by atoms with E-state index in [-0.39, 0.29) is 11.9 Å². The molecule has 1 fully saturated rings. The van der Waals surface area contributed by atoms with E-state index < -0.39 is 5.97 Å². The van der Waals surface area contributed by atoms with E-state index >= 15 is 0 Å². The summed E-state index contributed by atoms with van der Waals surface area (Å²) in [4.78, 5) is 11.1.